The lowest BCUT2D eigenvalue weighted by Gasteiger charge is -2.35. The number of piperidine rings is 1. The van der Waals surface area contributed by atoms with E-state index in [0.717, 1.165) is 30.1 Å². The molecule has 1 saturated heterocycles. The Morgan fingerprint density at radius 3 is 2.71 bits per heavy atom. The van der Waals surface area contributed by atoms with Gasteiger partial charge in [0, 0.05) is 22.8 Å². The van der Waals surface area contributed by atoms with E-state index in [9.17, 15) is 4.79 Å². The van der Waals surface area contributed by atoms with Crippen molar-refractivity contribution in [3.05, 3.63) is 70.8 Å². The first-order valence-corrected chi connectivity index (χ1v) is 10.7. The van der Waals surface area contributed by atoms with Crippen LogP contribution in [0.2, 0.25) is 0 Å². The van der Waals surface area contributed by atoms with Gasteiger partial charge in [-0.05, 0) is 68.2 Å². The number of carbonyl (C=O) groups is 1. The third-order valence-corrected chi connectivity index (χ3v) is 6.42. The quantitative estimate of drug-likeness (QED) is 0.629. The third-order valence-electron chi connectivity index (χ3n) is 5.20. The molecule has 28 heavy (non-hydrogen) atoms. The molecule has 1 aliphatic heterocycles. The number of likely N-dealkylation sites (tertiary alicyclic amines) is 1. The first-order valence-electron chi connectivity index (χ1n) is 9.87. The predicted octanol–water partition coefficient (Wildman–Crippen LogP) is 5.13. The van der Waals surface area contributed by atoms with E-state index in [1.54, 1.807) is 23.5 Å². The first-order chi connectivity index (χ1) is 13.8. The van der Waals surface area contributed by atoms with Crippen LogP contribution in [0, 0.1) is 0 Å². The Balaban J connectivity index is 1.72. The second-order valence-electron chi connectivity index (χ2n) is 7.06. The number of nitrogens with one attached hydrogen (secondary N) is 1. The Morgan fingerprint density at radius 1 is 1.25 bits per heavy atom. The minimum Gasteiger partial charge on any atom is -0.459 e. The van der Waals surface area contributed by atoms with E-state index >= 15 is 0 Å². The number of aromatic nitrogens is 1. The summed E-state index contributed by atoms with van der Waals surface area (Å²) in [5.41, 5.74) is 2.38. The summed E-state index contributed by atoms with van der Waals surface area (Å²) >= 11 is 1.66. The number of aryl methyl sites for hydroxylation is 1. The van der Waals surface area contributed by atoms with Gasteiger partial charge >= 0.3 is 0 Å². The maximum Gasteiger partial charge on any atom is 0.291 e. The van der Waals surface area contributed by atoms with E-state index in [0.29, 0.717) is 5.76 Å². The Morgan fingerprint density at radius 2 is 2.04 bits per heavy atom. The minimum absolute atomic E-state index is 0.117. The number of pyridine rings is 1. The van der Waals surface area contributed by atoms with Crippen LogP contribution in [0.15, 0.2) is 53.4 Å². The highest BCUT2D eigenvalue weighted by atomic mass is 32.1. The van der Waals surface area contributed by atoms with Gasteiger partial charge in [-0.15, -0.1) is 11.3 Å². The van der Waals surface area contributed by atoms with E-state index in [1.807, 2.05) is 12.4 Å². The second kappa shape index (κ2) is 8.71. The molecular formula is C22H25N3O2S. The van der Waals surface area contributed by atoms with E-state index in [2.05, 4.69) is 40.3 Å². The molecule has 0 bridgehead atoms. The van der Waals surface area contributed by atoms with E-state index in [-0.39, 0.29) is 11.9 Å². The van der Waals surface area contributed by atoms with Crippen molar-refractivity contribution in [3.8, 4) is 0 Å². The molecular weight excluding hydrogens is 370 g/mol. The summed E-state index contributed by atoms with van der Waals surface area (Å²) < 4.78 is 5.28. The van der Waals surface area contributed by atoms with Gasteiger partial charge in [-0.1, -0.05) is 13.3 Å². The van der Waals surface area contributed by atoms with E-state index in [4.69, 9.17) is 4.42 Å². The Bertz CT molecular complexity index is 899. The van der Waals surface area contributed by atoms with Crippen molar-refractivity contribution >= 4 is 22.2 Å². The molecule has 0 aromatic carbocycles. The normalized spacial score (nSPS) is 16.0. The maximum absolute atomic E-state index is 12.6. The maximum atomic E-state index is 12.6. The topological polar surface area (TPSA) is 58.4 Å². The molecule has 1 amide bonds. The summed E-state index contributed by atoms with van der Waals surface area (Å²) in [4.78, 5) is 20.6. The molecule has 1 N–H and O–H groups in total. The van der Waals surface area contributed by atoms with Crippen molar-refractivity contribution in [2.75, 3.05) is 18.4 Å². The van der Waals surface area contributed by atoms with Crippen molar-refractivity contribution in [1.82, 2.24) is 9.88 Å². The fourth-order valence-corrected chi connectivity index (χ4v) is 4.84. The highest BCUT2D eigenvalue weighted by Crippen LogP contribution is 2.40. The molecule has 4 rings (SSSR count). The highest BCUT2D eigenvalue weighted by molar-refractivity contribution is 7.16. The fourth-order valence-electron chi connectivity index (χ4n) is 3.82. The van der Waals surface area contributed by atoms with Crippen LogP contribution in [-0.4, -0.2) is 28.9 Å². The van der Waals surface area contributed by atoms with E-state index in [1.165, 1.54) is 36.0 Å². The summed E-state index contributed by atoms with van der Waals surface area (Å²) in [7, 11) is 0. The van der Waals surface area contributed by atoms with Crippen molar-refractivity contribution in [3.63, 3.8) is 0 Å². The number of hydrogen-bond acceptors (Lipinski definition) is 5. The van der Waals surface area contributed by atoms with Crippen molar-refractivity contribution in [2.45, 2.75) is 38.6 Å². The smallest absolute Gasteiger partial charge is 0.291 e. The fraction of sp³-hybridized carbons (Fsp3) is 0.364. The van der Waals surface area contributed by atoms with Crippen LogP contribution >= 0.6 is 11.3 Å². The Kier molecular flexibility index (Phi) is 5.88. The number of hydrogen-bond donors (Lipinski definition) is 1. The number of thiophene rings is 1. The molecule has 0 spiro atoms. The van der Waals surface area contributed by atoms with Crippen molar-refractivity contribution in [2.24, 2.45) is 0 Å². The molecule has 3 aromatic heterocycles. The van der Waals surface area contributed by atoms with Crippen LogP contribution in [0.25, 0.3) is 0 Å². The van der Waals surface area contributed by atoms with Crippen LogP contribution in [0.4, 0.5) is 5.00 Å². The standard InChI is InChI=1S/C22H25N3O2S/c1-2-17-15-18(22(28-17)24-21(26)19-7-6-14-27-19)20(16-8-10-23-11-9-16)25-12-4-3-5-13-25/h6-11,14-15,20H,2-5,12-13H2,1H3,(H,24,26). The average molecular weight is 396 g/mol. The van der Waals surface area contributed by atoms with E-state index < -0.39 is 0 Å². The van der Waals surface area contributed by atoms with Gasteiger partial charge in [-0.2, -0.15) is 0 Å². The molecule has 1 fully saturated rings. The average Bonchev–Trinajstić information content (AvgIpc) is 3.41. The minimum atomic E-state index is -0.206. The summed E-state index contributed by atoms with van der Waals surface area (Å²) in [5.74, 6) is 0.124. The van der Waals surface area contributed by atoms with Gasteiger partial charge in [0.2, 0.25) is 0 Å². The number of furan rings is 1. The summed E-state index contributed by atoms with van der Waals surface area (Å²) in [6.07, 6.45) is 9.86. The lowest BCUT2D eigenvalue weighted by atomic mass is 9.96. The molecule has 5 nitrogen and oxygen atoms in total. The zero-order valence-corrected chi connectivity index (χ0v) is 16.9. The van der Waals surface area contributed by atoms with Gasteiger partial charge in [0.15, 0.2) is 5.76 Å². The van der Waals surface area contributed by atoms with Crippen molar-refractivity contribution in [1.29, 1.82) is 0 Å². The Labute approximate surface area is 169 Å². The van der Waals surface area contributed by atoms with Crippen LogP contribution in [-0.2, 0) is 6.42 Å². The molecule has 1 atom stereocenters. The molecule has 0 aliphatic carbocycles. The zero-order valence-electron chi connectivity index (χ0n) is 16.1. The number of nitrogens with zero attached hydrogens (tertiary/aromatic N) is 2. The number of rotatable bonds is 6. The van der Waals surface area contributed by atoms with Gasteiger partial charge in [0.25, 0.3) is 5.91 Å². The predicted molar refractivity (Wildman–Crippen MR) is 112 cm³/mol. The summed E-state index contributed by atoms with van der Waals surface area (Å²) in [6.45, 7) is 4.28. The van der Waals surface area contributed by atoms with Crippen LogP contribution in [0.5, 0.6) is 0 Å². The van der Waals surface area contributed by atoms with Gasteiger partial charge in [-0.25, -0.2) is 0 Å². The van der Waals surface area contributed by atoms with Gasteiger partial charge in [0.1, 0.15) is 5.00 Å². The number of carbonyl (C=O) groups excluding carboxylic acids is 1. The molecule has 0 saturated carbocycles. The zero-order chi connectivity index (χ0) is 19.3. The van der Waals surface area contributed by atoms with Gasteiger partial charge in [-0.3, -0.25) is 14.7 Å². The SMILES string of the molecule is CCc1cc(C(c2ccncc2)N2CCCCC2)c(NC(=O)c2ccco2)s1. The lowest BCUT2D eigenvalue weighted by molar-refractivity contribution is 0.0996. The highest BCUT2D eigenvalue weighted by Gasteiger charge is 2.28. The number of anilines is 1. The van der Waals surface area contributed by atoms with Gasteiger partial charge in [0.05, 0.1) is 12.3 Å². The first kappa shape index (κ1) is 18.9. The second-order valence-corrected chi connectivity index (χ2v) is 8.20. The molecule has 1 unspecified atom stereocenters. The van der Waals surface area contributed by atoms with Crippen LogP contribution in [0.3, 0.4) is 0 Å². The Hall–Kier alpha value is -2.44. The third kappa shape index (κ3) is 4.03. The summed E-state index contributed by atoms with van der Waals surface area (Å²) in [6, 6.07) is 9.96. The van der Waals surface area contributed by atoms with Crippen LogP contribution < -0.4 is 5.32 Å². The van der Waals surface area contributed by atoms with Crippen molar-refractivity contribution < 1.29 is 9.21 Å². The molecule has 1 aliphatic rings. The lowest BCUT2D eigenvalue weighted by Crippen LogP contribution is -2.34. The summed E-state index contributed by atoms with van der Waals surface area (Å²) in [5, 5.41) is 4.01. The molecule has 146 valence electrons. The molecule has 3 aromatic rings. The molecule has 4 heterocycles. The molecule has 0 radical (unpaired) electrons. The van der Waals surface area contributed by atoms with Crippen LogP contribution in [0.1, 0.15) is 58.8 Å². The molecule has 6 heteroatoms. The monoisotopic (exact) mass is 395 g/mol. The number of amides is 1. The largest absolute Gasteiger partial charge is 0.459 e. The van der Waals surface area contributed by atoms with Gasteiger partial charge < -0.3 is 9.73 Å².